The smallest absolute Gasteiger partial charge is 0.408 e. The van der Waals surface area contributed by atoms with Gasteiger partial charge in [0.15, 0.2) is 5.54 Å². The van der Waals surface area contributed by atoms with Crippen LogP contribution in [-0.4, -0.2) is 27.8 Å². The van der Waals surface area contributed by atoms with Gasteiger partial charge in [-0.2, -0.15) is 0 Å². The Morgan fingerprint density at radius 3 is 2.37 bits per heavy atom. The molecule has 0 aliphatic carbocycles. The van der Waals surface area contributed by atoms with Crippen molar-refractivity contribution in [1.82, 2.24) is 10.3 Å². The quantitative estimate of drug-likeness (QED) is 0.872. The van der Waals surface area contributed by atoms with Crippen LogP contribution in [0.3, 0.4) is 0 Å². The van der Waals surface area contributed by atoms with Crippen molar-refractivity contribution in [2.24, 2.45) is 0 Å². The normalized spacial score (nSPS) is 14.3. The van der Waals surface area contributed by atoms with Crippen LogP contribution < -0.4 is 5.32 Å². The number of amides is 1. The van der Waals surface area contributed by atoms with Crippen molar-refractivity contribution in [2.45, 2.75) is 38.8 Å². The number of nitrogens with zero attached hydrogens (tertiary/aromatic N) is 1. The van der Waals surface area contributed by atoms with Crippen LogP contribution in [0.25, 0.3) is 0 Å². The third-order valence-electron chi connectivity index (χ3n) is 2.42. The molecule has 0 bridgehead atoms. The summed E-state index contributed by atoms with van der Waals surface area (Å²) >= 11 is 0. The largest absolute Gasteiger partial charge is 0.479 e. The van der Waals surface area contributed by atoms with E-state index in [0.717, 1.165) is 0 Å². The van der Waals surface area contributed by atoms with Crippen molar-refractivity contribution in [3.63, 3.8) is 0 Å². The number of aliphatic carboxylic acids is 1. The summed E-state index contributed by atoms with van der Waals surface area (Å²) in [4.78, 5) is 27.0. The Morgan fingerprint density at radius 2 is 1.95 bits per heavy atom. The van der Waals surface area contributed by atoms with E-state index in [1.165, 1.54) is 19.3 Å². The summed E-state index contributed by atoms with van der Waals surface area (Å²) in [5.74, 6) is -1.19. The van der Waals surface area contributed by atoms with Crippen LogP contribution in [0.5, 0.6) is 0 Å². The van der Waals surface area contributed by atoms with Crippen LogP contribution >= 0.6 is 0 Å². The number of alkyl carbamates (subject to hydrolysis) is 1. The van der Waals surface area contributed by atoms with Crippen molar-refractivity contribution < 1.29 is 19.4 Å². The van der Waals surface area contributed by atoms with Crippen molar-refractivity contribution in [3.8, 4) is 0 Å². The molecule has 104 valence electrons. The first-order valence-corrected chi connectivity index (χ1v) is 5.80. The Labute approximate surface area is 111 Å². The SMILES string of the molecule is CC(C)(C)OC(=O)NC(C)(C(=O)O)c1cccnc1. The fourth-order valence-electron chi connectivity index (χ4n) is 1.42. The van der Waals surface area contributed by atoms with Crippen LogP contribution in [0.1, 0.15) is 33.3 Å². The molecule has 1 aromatic heterocycles. The van der Waals surface area contributed by atoms with Gasteiger partial charge in [-0.15, -0.1) is 0 Å². The summed E-state index contributed by atoms with van der Waals surface area (Å²) < 4.78 is 5.07. The number of hydrogen-bond acceptors (Lipinski definition) is 4. The monoisotopic (exact) mass is 266 g/mol. The second-order valence-electron chi connectivity index (χ2n) is 5.30. The molecule has 0 aromatic carbocycles. The van der Waals surface area contributed by atoms with Gasteiger partial charge in [0, 0.05) is 18.0 Å². The lowest BCUT2D eigenvalue weighted by molar-refractivity contribution is -0.144. The summed E-state index contributed by atoms with van der Waals surface area (Å²) in [6.45, 7) is 6.49. The van der Waals surface area contributed by atoms with Gasteiger partial charge in [0.05, 0.1) is 0 Å². The highest BCUT2D eigenvalue weighted by atomic mass is 16.6. The minimum Gasteiger partial charge on any atom is -0.479 e. The van der Waals surface area contributed by atoms with E-state index in [9.17, 15) is 14.7 Å². The molecule has 0 aliphatic heterocycles. The molecule has 1 atom stereocenters. The molecule has 0 saturated carbocycles. The molecule has 1 heterocycles. The number of carboxylic acid groups (broad SMARTS) is 1. The average molecular weight is 266 g/mol. The highest BCUT2D eigenvalue weighted by Gasteiger charge is 2.38. The van der Waals surface area contributed by atoms with Crippen molar-refractivity contribution in [2.75, 3.05) is 0 Å². The molecule has 1 rings (SSSR count). The summed E-state index contributed by atoms with van der Waals surface area (Å²) in [5.41, 5.74) is -1.91. The average Bonchev–Trinajstić information content (AvgIpc) is 2.27. The number of rotatable bonds is 3. The van der Waals surface area contributed by atoms with Gasteiger partial charge in [-0.25, -0.2) is 9.59 Å². The summed E-state index contributed by atoms with van der Waals surface area (Å²) in [5, 5.41) is 11.7. The predicted molar refractivity (Wildman–Crippen MR) is 68.6 cm³/mol. The predicted octanol–water partition coefficient (Wildman–Crippen LogP) is 1.91. The van der Waals surface area contributed by atoms with E-state index < -0.39 is 23.2 Å². The molecule has 2 N–H and O–H groups in total. The van der Waals surface area contributed by atoms with E-state index in [-0.39, 0.29) is 0 Å². The third-order valence-corrected chi connectivity index (χ3v) is 2.42. The van der Waals surface area contributed by atoms with E-state index in [0.29, 0.717) is 5.56 Å². The van der Waals surface area contributed by atoms with Crippen LogP contribution in [0.2, 0.25) is 0 Å². The molecule has 19 heavy (non-hydrogen) atoms. The highest BCUT2D eigenvalue weighted by Crippen LogP contribution is 2.21. The van der Waals surface area contributed by atoms with Gasteiger partial charge in [-0.05, 0) is 33.8 Å². The number of aromatic nitrogens is 1. The Kier molecular flexibility index (Phi) is 4.14. The first kappa shape index (κ1) is 14.9. The number of carboxylic acids is 1. The Balaban J connectivity index is 2.97. The lowest BCUT2D eigenvalue weighted by Gasteiger charge is -2.28. The minimum absolute atomic E-state index is 0.369. The van der Waals surface area contributed by atoms with Gasteiger partial charge in [0.25, 0.3) is 0 Å². The lowest BCUT2D eigenvalue weighted by Crippen LogP contribution is -2.51. The topological polar surface area (TPSA) is 88.5 Å². The molecule has 6 nitrogen and oxygen atoms in total. The van der Waals surface area contributed by atoms with Crippen molar-refractivity contribution in [3.05, 3.63) is 30.1 Å². The number of carbonyl (C=O) groups excluding carboxylic acids is 1. The second kappa shape index (κ2) is 5.26. The Hall–Kier alpha value is -2.11. The standard InChI is InChI=1S/C13H18N2O4/c1-12(2,3)19-11(18)15-13(4,10(16)17)9-6-5-7-14-8-9/h5-8H,1-4H3,(H,15,18)(H,16,17). The molecule has 1 aromatic rings. The number of carbonyl (C=O) groups is 2. The Morgan fingerprint density at radius 1 is 1.32 bits per heavy atom. The van der Waals surface area contributed by atoms with Crippen LogP contribution in [-0.2, 0) is 15.1 Å². The van der Waals surface area contributed by atoms with E-state index in [1.807, 2.05) is 0 Å². The molecule has 0 spiro atoms. The third kappa shape index (κ3) is 3.94. The fraction of sp³-hybridized carbons (Fsp3) is 0.462. The maximum absolute atomic E-state index is 11.7. The van der Waals surface area contributed by atoms with Gasteiger partial charge < -0.3 is 15.2 Å². The number of nitrogens with one attached hydrogen (secondary N) is 1. The van der Waals surface area contributed by atoms with E-state index in [1.54, 1.807) is 32.9 Å². The maximum Gasteiger partial charge on any atom is 0.408 e. The molecule has 0 fully saturated rings. The maximum atomic E-state index is 11.7. The van der Waals surface area contributed by atoms with Crippen LogP contribution in [0.15, 0.2) is 24.5 Å². The van der Waals surface area contributed by atoms with Crippen molar-refractivity contribution >= 4 is 12.1 Å². The van der Waals surface area contributed by atoms with Gasteiger partial charge in [0.2, 0.25) is 0 Å². The highest BCUT2D eigenvalue weighted by molar-refractivity contribution is 5.85. The first-order chi connectivity index (χ1) is 8.65. The number of hydrogen-bond donors (Lipinski definition) is 2. The van der Waals surface area contributed by atoms with Crippen LogP contribution in [0, 0.1) is 0 Å². The van der Waals surface area contributed by atoms with E-state index >= 15 is 0 Å². The number of pyridine rings is 1. The molecule has 0 aliphatic rings. The zero-order valence-electron chi connectivity index (χ0n) is 11.4. The zero-order chi connectivity index (χ0) is 14.7. The van der Waals surface area contributed by atoms with E-state index in [2.05, 4.69) is 10.3 Å². The molecule has 0 radical (unpaired) electrons. The molecular formula is C13H18N2O4. The fourth-order valence-corrected chi connectivity index (χ4v) is 1.42. The number of ether oxygens (including phenoxy) is 1. The minimum atomic E-state index is -1.59. The molecule has 6 heteroatoms. The molecule has 0 saturated heterocycles. The Bertz CT molecular complexity index is 467. The molecule has 1 amide bonds. The second-order valence-corrected chi connectivity index (χ2v) is 5.30. The lowest BCUT2D eigenvalue weighted by atomic mass is 9.94. The first-order valence-electron chi connectivity index (χ1n) is 5.80. The van der Waals surface area contributed by atoms with Gasteiger partial charge in [-0.1, -0.05) is 6.07 Å². The summed E-state index contributed by atoms with van der Waals surface area (Å²) in [6, 6.07) is 3.19. The van der Waals surface area contributed by atoms with Gasteiger partial charge in [0.1, 0.15) is 5.60 Å². The van der Waals surface area contributed by atoms with Crippen LogP contribution in [0.4, 0.5) is 4.79 Å². The van der Waals surface area contributed by atoms with E-state index in [4.69, 9.17) is 4.74 Å². The van der Waals surface area contributed by atoms with Crippen molar-refractivity contribution in [1.29, 1.82) is 0 Å². The zero-order valence-corrected chi connectivity index (χ0v) is 11.4. The summed E-state index contributed by atoms with van der Waals surface area (Å²) in [7, 11) is 0. The molecular weight excluding hydrogens is 248 g/mol. The summed E-state index contributed by atoms with van der Waals surface area (Å²) in [6.07, 6.45) is 2.13. The van der Waals surface area contributed by atoms with Gasteiger partial charge in [-0.3, -0.25) is 4.98 Å². The molecule has 1 unspecified atom stereocenters. The van der Waals surface area contributed by atoms with Gasteiger partial charge >= 0.3 is 12.1 Å².